The zero-order valence-electron chi connectivity index (χ0n) is 20.2. The van der Waals surface area contributed by atoms with E-state index in [-0.39, 0.29) is 31.3 Å². The summed E-state index contributed by atoms with van der Waals surface area (Å²) in [7, 11) is -4.28. The van der Waals surface area contributed by atoms with Crippen molar-refractivity contribution in [2.45, 2.75) is 50.7 Å². The minimum Gasteiger partial charge on any atom is -0.494 e. The largest absolute Gasteiger partial charge is 0.494 e. The number of ether oxygens (including phenoxy) is 1. The molecule has 11 heteroatoms. The second kappa shape index (κ2) is 10.1. The molecule has 1 aromatic carbocycles. The van der Waals surface area contributed by atoms with Crippen LogP contribution in [0.15, 0.2) is 53.6 Å². The number of pyridine rings is 2. The number of nitrogens with zero attached hydrogens (tertiary/aromatic N) is 3. The van der Waals surface area contributed by atoms with Gasteiger partial charge >= 0.3 is 0 Å². The van der Waals surface area contributed by atoms with Gasteiger partial charge in [0.25, 0.3) is 15.9 Å². The summed E-state index contributed by atoms with van der Waals surface area (Å²) in [5.41, 5.74) is 6.58. The van der Waals surface area contributed by atoms with Crippen molar-refractivity contribution in [1.29, 1.82) is 0 Å². The summed E-state index contributed by atoms with van der Waals surface area (Å²) in [4.78, 5) is 23.8. The van der Waals surface area contributed by atoms with Crippen molar-refractivity contribution < 1.29 is 25.2 Å². The summed E-state index contributed by atoms with van der Waals surface area (Å²) < 4.78 is 47.4. The van der Waals surface area contributed by atoms with E-state index < -0.39 is 21.7 Å². The molecule has 1 amide bonds. The Morgan fingerprint density at radius 3 is 2.56 bits per heavy atom. The molecule has 3 aromatic rings. The average Bonchev–Trinajstić information content (AvgIpc) is 3.16. The molecule has 0 radical (unpaired) electrons. The van der Waals surface area contributed by atoms with Gasteiger partial charge in [-0.1, -0.05) is 6.07 Å². The lowest BCUT2D eigenvalue weighted by Gasteiger charge is -2.29. The molecule has 0 saturated carbocycles. The second-order valence-electron chi connectivity index (χ2n) is 8.69. The van der Waals surface area contributed by atoms with E-state index in [1.54, 1.807) is 19.1 Å². The van der Waals surface area contributed by atoms with Crippen LogP contribution in [0.4, 0.5) is 16.0 Å². The van der Waals surface area contributed by atoms with Gasteiger partial charge in [0, 0.05) is 26.6 Å². The Labute approximate surface area is 212 Å². The molecule has 2 atom stereocenters. The predicted molar refractivity (Wildman–Crippen MR) is 139 cm³/mol. The fraction of sp³-hybridized carbons (Fsp3) is 0.320. The van der Waals surface area contributed by atoms with Gasteiger partial charge in [0.15, 0.2) is 5.03 Å². The Hall–Kier alpha value is -3.73. The maximum absolute atomic E-state index is 14.3. The monoisotopic (exact) mass is 517 g/mol. The van der Waals surface area contributed by atoms with Gasteiger partial charge in [-0.25, -0.2) is 19.1 Å². The van der Waals surface area contributed by atoms with Crippen molar-refractivity contribution in [2.75, 3.05) is 17.2 Å². The Morgan fingerprint density at radius 1 is 1.17 bits per heavy atom. The van der Waals surface area contributed by atoms with Crippen LogP contribution in [-0.4, -0.2) is 43.0 Å². The number of hydrogen-bond acceptors (Lipinski definition) is 8. The Balaban J connectivity index is 0.00000253. The highest BCUT2D eigenvalue weighted by Crippen LogP contribution is 2.34. The summed E-state index contributed by atoms with van der Waals surface area (Å²) in [5.74, 6) is -0.640. The summed E-state index contributed by atoms with van der Waals surface area (Å²) in [6, 6.07) is 11.6. The van der Waals surface area contributed by atoms with Gasteiger partial charge < -0.3 is 15.4 Å². The second-order valence-corrected chi connectivity index (χ2v) is 10.3. The molecule has 0 aliphatic carbocycles. The number of nitrogens with two attached hydrogens (primary N) is 1. The number of nitrogen functional groups attached to an aromatic ring is 1. The van der Waals surface area contributed by atoms with E-state index in [2.05, 4.69) is 9.71 Å². The maximum Gasteiger partial charge on any atom is 0.281 e. The topological polar surface area (TPSA) is 128 Å². The Kier molecular flexibility index (Phi) is 7.11. The summed E-state index contributed by atoms with van der Waals surface area (Å²) in [6.45, 7) is 6.21. The first kappa shape index (κ1) is 25.4. The highest BCUT2D eigenvalue weighted by atomic mass is 32.2. The van der Waals surface area contributed by atoms with Crippen LogP contribution in [0.3, 0.4) is 0 Å². The van der Waals surface area contributed by atoms with Crippen LogP contribution in [-0.2, 0) is 10.0 Å². The van der Waals surface area contributed by atoms with Crippen molar-refractivity contribution >= 4 is 27.6 Å². The summed E-state index contributed by atoms with van der Waals surface area (Å²) >= 11 is 0. The van der Waals surface area contributed by atoms with Crippen molar-refractivity contribution in [2.24, 2.45) is 0 Å². The first-order chi connectivity index (χ1) is 17.1. The molecule has 9 nitrogen and oxygen atoms in total. The minimum absolute atomic E-state index is 0. The van der Waals surface area contributed by atoms with E-state index in [0.29, 0.717) is 29.4 Å². The molecule has 194 valence electrons. The maximum atomic E-state index is 14.3. The van der Waals surface area contributed by atoms with Crippen LogP contribution >= 0.6 is 0 Å². The molecule has 1 aliphatic rings. The molecular formula is C25H32FN5O4S. The molecular weight excluding hydrogens is 485 g/mol. The molecule has 36 heavy (non-hydrogen) atoms. The van der Waals surface area contributed by atoms with Crippen molar-refractivity contribution in [3.63, 3.8) is 0 Å². The average molecular weight is 518 g/mol. The van der Waals surface area contributed by atoms with Gasteiger partial charge in [0.1, 0.15) is 23.2 Å². The Bertz CT molecular complexity index is 1400. The van der Waals surface area contributed by atoms with E-state index in [4.69, 9.17) is 15.5 Å². The van der Waals surface area contributed by atoms with Gasteiger partial charge in [-0.2, -0.15) is 8.42 Å². The number of benzene rings is 1. The lowest BCUT2D eigenvalue weighted by atomic mass is 10.1. The number of carbonyl (C=O) groups is 1. The van der Waals surface area contributed by atoms with Crippen molar-refractivity contribution in [3.8, 4) is 17.0 Å². The van der Waals surface area contributed by atoms with E-state index in [9.17, 15) is 17.6 Å². The number of hydrogen-bond donors (Lipinski definition) is 2. The van der Waals surface area contributed by atoms with Crippen LogP contribution in [0.5, 0.6) is 5.75 Å². The zero-order valence-corrected chi connectivity index (χ0v) is 21.0. The number of carbonyl (C=O) groups excluding carboxylic acids is 1. The SMILES string of the molecule is CCOc1cc(F)cc(-c2ccc(C(=O)NS(=O)(=O)c3cccc(N)n3)c(N3[C@H](C)CC[C@@H]3C)n2)c1.[HH].[HH]. The van der Waals surface area contributed by atoms with E-state index >= 15 is 0 Å². The van der Waals surface area contributed by atoms with Crippen molar-refractivity contribution in [3.05, 3.63) is 59.9 Å². The number of nitrogens with one attached hydrogen (secondary N) is 1. The molecule has 1 fully saturated rings. The van der Waals surface area contributed by atoms with E-state index in [0.717, 1.165) is 12.8 Å². The molecule has 1 saturated heterocycles. The Morgan fingerprint density at radius 2 is 1.89 bits per heavy atom. The standard InChI is InChI=1S/C25H28FN5O4S.2H2/c1-4-35-19-13-17(12-18(26)14-19)21-11-10-20(24(28-21)31-15(2)8-9-16(31)3)25(32)30-36(33,34)23-7-5-6-22(27)29-23;;/h5-7,10-16H,4,8-9H2,1-3H3,(H2,27,29)(H,30,32);2*1H/t15-,16+;;. The highest BCUT2D eigenvalue weighted by Gasteiger charge is 2.33. The number of halogens is 1. The third-order valence-electron chi connectivity index (χ3n) is 6.04. The van der Waals surface area contributed by atoms with Gasteiger partial charge in [-0.15, -0.1) is 0 Å². The lowest BCUT2D eigenvalue weighted by Crippen LogP contribution is -2.37. The predicted octanol–water partition coefficient (Wildman–Crippen LogP) is 4.25. The lowest BCUT2D eigenvalue weighted by molar-refractivity contribution is 0.0981. The molecule has 3 heterocycles. The molecule has 4 rings (SSSR count). The molecule has 0 spiro atoms. The van der Waals surface area contributed by atoms with Crippen LogP contribution in [0.1, 0.15) is 46.8 Å². The minimum atomic E-state index is -4.28. The van der Waals surface area contributed by atoms with Gasteiger partial charge in [0.05, 0.1) is 17.9 Å². The van der Waals surface area contributed by atoms with E-state index in [1.165, 1.54) is 36.4 Å². The number of amides is 1. The van der Waals surface area contributed by atoms with Crippen LogP contribution in [0.2, 0.25) is 0 Å². The van der Waals surface area contributed by atoms with Crippen molar-refractivity contribution in [1.82, 2.24) is 14.7 Å². The van der Waals surface area contributed by atoms with Crippen LogP contribution < -0.4 is 20.1 Å². The normalized spacial score (nSPS) is 17.7. The molecule has 3 N–H and O–H groups in total. The van der Waals surface area contributed by atoms with Crippen LogP contribution in [0.25, 0.3) is 11.3 Å². The summed E-state index contributed by atoms with van der Waals surface area (Å²) in [5, 5.41) is -0.367. The van der Waals surface area contributed by atoms with Crippen LogP contribution in [0, 0.1) is 5.82 Å². The molecule has 1 aliphatic heterocycles. The summed E-state index contributed by atoms with van der Waals surface area (Å²) in [6.07, 6.45) is 1.77. The number of rotatable bonds is 7. The van der Waals surface area contributed by atoms with E-state index in [1.807, 2.05) is 18.7 Å². The molecule has 0 unspecified atom stereocenters. The fourth-order valence-electron chi connectivity index (χ4n) is 4.37. The van der Waals surface area contributed by atoms with Gasteiger partial charge in [0.2, 0.25) is 0 Å². The quantitative estimate of drug-likeness (QED) is 0.476. The molecule has 2 aromatic heterocycles. The zero-order chi connectivity index (χ0) is 26.0. The third kappa shape index (κ3) is 5.25. The molecule has 0 bridgehead atoms. The highest BCUT2D eigenvalue weighted by molar-refractivity contribution is 7.90. The first-order valence-electron chi connectivity index (χ1n) is 11.6. The third-order valence-corrected chi connectivity index (χ3v) is 7.27. The number of sulfonamides is 1. The fourth-order valence-corrected chi connectivity index (χ4v) is 5.31. The number of anilines is 2. The smallest absolute Gasteiger partial charge is 0.281 e. The number of aromatic nitrogens is 2. The van der Waals surface area contributed by atoms with Gasteiger partial charge in [-0.3, -0.25) is 4.79 Å². The van der Waals surface area contributed by atoms with Gasteiger partial charge in [-0.05, 0) is 70.0 Å². The first-order valence-corrected chi connectivity index (χ1v) is 13.1.